The Bertz CT molecular complexity index is 891. The number of carbonyl (C=O) groups excluding carboxylic acids is 1. The summed E-state index contributed by atoms with van der Waals surface area (Å²) >= 11 is 0. The Morgan fingerprint density at radius 3 is 2.40 bits per heavy atom. The first kappa shape index (κ1) is 19.8. The number of hydrogen-bond donors (Lipinski definition) is 0. The molecule has 5 nitrogen and oxygen atoms in total. The fourth-order valence-electron chi connectivity index (χ4n) is 6.36. The average Bonchev–Trinajstić information content (AvgIpc) is 3.11. The largest absolute Gasteiger partial charge is 0.337 e. The molecule has 3 aliphatic rings. The molecule has 1 amide bonds. The number of aryl methyl sites for hydroxylation is 2. The van der Waals surface area contributed by atoms with Gasteiger partial charge in [-0.15, -0.1) is 0 Å². The third kappa shape index (κ3) is 3.37. The van der Waals surface area contributed by atoms with Crippen molar-refractivity contribution in [1.82, 2.24) is 19.6 Å². The lowest BCUT2D eigenvalue weighted by molar-refractivity contribution is -0.132. The third-order valence-electron chi connectivity index (χ3n) is 7.82. The molecule has 2 aromatic rings. The summed E-state index contributed by atoms with van der Waals surface area (Å²) in [5.74, 6) is 0.128. The van der Waals surface area contributed by atoms with Gasteiger partial charge in [-0.1, -0.05) is 49.6 Å². The summed E-state index contributed by atoms with van der Waals surface area (Å²) in [6.45, 7) is 4.88. The molecule has 1 saturated carbocycles. The summed E-state index contributed by atoms with van der Waals surface area (Å²) in [6.07, 6.45) is 9.06. The maximum absolute atomic E-state index is 13.0. The average molecular weight is 407 g/mol. The van der Waals surface area contributed by atoms with E-state index in [9.17, 15) is 4.79 Å². The van der Waals surface area contributed by atoms with E-state index >= 15 is 0 Å². The van der Waals surface area contributed by atoms with E-state index in [0.29, 0.717) is 23.2 Å². The lowest BCUT2D eigenvalue weighted by Crippen LogP contribution is -2.63. The molecular weight excluding hydrogens is 372 g/mol. The van der Waals surface area contributed by atoms with Crippen molar-refractivity contribution >= 4 is 5.91 Å². The van der Waals surface area contributed by atoms with E-state index in [-0.39, 0.29) is 5.91 Å². The number of carbonyl (C=O) groups is 1. The smallest absolute Gasteiger partial charge is 0.272 e. The molecule has 5 rings (SSSR count). The van der Waals surface area contributed by atoms with Gasteiger partial charge in [0.25, 0.3) is 5.91 Å². The van der Waals surface area contributed by atoms with Gasteiger partial charge >= 0.3 is 0 Å². The van der Waals surface area contributed by atoms with Gasteiger partial charge in [0.2, 0.25) is 0 Å². The minimum absolute atomic E-state index is 0.128. The predicted molar refractivity (Wildman–Crippen MR) is 118 cm³/mol. The van der Waals surface area contributed by atoms with Crippen molar-refractivity contribution in [2.24, 2.45) is 12.5 Å². The van der Waals surface area contributed by atoms with E-state index in [0.717, 1.165) is 31.6 Å². The maximum atomic E-state index is 13.0. The quantitative estimate of drug-likeness (QED) is 0.761. The fraction of sp³-hybridized carbons (Fsp3) is 0.600. The Morgan fingerprint density at radius 2 is 1.77 bits per heavy atom. The highest BCUT2D eigenvalue weighted by molar-refractivity contribution is 5.92. The van der Waals surface area contributed by atoms with Crippen LogP contribution >= 0.6 is 0 Å². The second-order valence-electron chi connectivity index (χ2n) is 9.73. The second kappa shape index (κ2) is 7.84. The number of nitrogens with zero attached hydrogens (tertiary/aromatic N) is 4. The highest BCUT2D eigenvalue weighted by atomic mass is 16.2. The fourth-order valence-corrected chi connectivity index (χ4v) is 6.36. The van der Waals surface area contributed by atoms with E-state index in [4.69, 9.17) is 0 Å². The van der Waals surface area contributed by atoms with Crippen LogP contribution in [-0.2, 0) is 7.05 Å². The highest BCUT2D eigenvalue weighted by Gasteiger charge is 2.54. The van der Waals surface area contributed by atoms with E-state index < -0.39 is 0 Å². The van der Waals surface area contributed by atoms with Crippen LogP contribution in [0.3, 0.4) is 0 Å². The molecule has 2 saturated heterocycles. The van der Waals surface area contributed by atoms with E-state index in [1.165, 1.54) is 44.2 Å². The number of amides is 1. The van der Waals surface area contributed by atoms with Crippen LogP contribution in [0.2, 0.25) is 0 Å². The van der Waals surface area contributed by atoms with Gasteiger partial charge in [0.15, 0.2) is 0 Å². The first-order chi connectivity index (χ1) is 14.6. The molecular formula is C25H34N4O. The lowest BCUT2D eigenvalue weighted by Gasteiger charge is -2.63. The van der Waals surface area contributed by atoms with Gasteiger partial charge in [0.05, 0.1) is 5.69 Å². The first-order valence-corrected chi connectivity index (χ1v) is 11.7. The van der Waals surface area contributed by atoms with Gasteiger partial charge in [-0.2, -0.15) is 5.10 Å². The summed E-state index contributed by atoms with van der Waals surface area (Å²) in [7, 11) is 1.86. The van der Waals surface area contributed by atoms with Crippen LogP contribution in [0, 0.1) is 12.3 Å². The summed E-state index contributed by atoms with van der Waals surface area (Å²) < 4.78 is 1.72. The van der Waals surface area contributed by atoms with E-state index in [1.807, 2.05) is 24.9 Å². The molecule has 0 bridgehead atoms. The van der Waals surface area contributed by atoms with Crippen LogP contribution in [0.25, 0.3) is 0 Å². The Kier molecular flexibility index (Phi) is 5.18. The lowest BCUT2D eigenvalue weighted by atomic mass is 9.60. The van der Waals surface area contributed by atoms with E-state index in [2.05, 4.69) is 40.3 Å². The number of likely N-dealkylation sites (tertiary alicyclic amines) is 2. The monoisotopic (exact) mass is 406 g/mol. The van der Waals surface area contributed by atoms with Crippen LogP contribution in [-0.4, -0.2) is 51.2 Å². The molecule has 3 heterocycles. The Morgan fingerprint density at radius 1 is 1.07 bits per heavy atom. The van der Waals surface area contributed by atoms with Gasteiger partial charge in [-0.3, -0.25) is 14.4 Å². The molecule has 0 N–H and O–H groups in total. The van der Waals surface area contributed by atoms with Crippen molar-refractivity contribution in [1.29, 1.82) is 0 Å². The first-order valence-electron chi connectivity index (χ1n) is 11.7. The standard InChI is InChI=1S/C25H34N4O/c1-19-17-22(27(2)26-19)24(30)28-15-11-21(12-16-28)29-18-25(13-7-4-8-14-25)23(29)20-9-5-3-6-10-20/h3,5-6,9-10,17,21,23H,4,7-8,11-16,18H2,1-2H3. The zero-order chi connectivity index (χ0) is 20.7. The number of benzene rings is 1. The van der Waals surface area contributed by atoms with Crippen molar-refractivity contribution < 1.29 is 4.79 Å². The van der Waals surface area contributed by atoms with Gasteiger partial charge in [0.1, 0.15) is 5.69 Å². The van der Waals surface area contributed by atoms with Gasteiger partial charge < -0.3 is 4.90 Å². The Balaban J connectivity index is 1.28. The summed E-state index contributed by atoms with van der Waals surface area (Å²) in [6, 6.07) is 14.2. The maximum Gasteiger partial charge on any atom is 0.272 e. The summed E-state index contributed by atoms with van der Waals surface area (Å²) in [4.78, 5) is 17.8. The molecule has 30 heavy (non-hydrogen) atoms. The molecule has 0 radical (unpaired) electrons. The molecule has 1 atom stereocenters. The topological polar surface area (TPSA) is 41.4 Å². The SMILES string of the molecule is Cc1cc(C(=O)N2CCC(N3CC4(CCCCC4)C3c3ccccc3)CC2)n(C)n1. The van der Waals surface area contributed by atoms with Crippen LogP contribution in [0.1, 0.15) is 72.7 Å². The van der Waals surface area contributed by atoms with Crippen molar-refractivity contribution in [2.45, 2.75) is 64.0 Å². The number of hydrogen-bond acceptors (Lipinski definition) is 3. The minimum Gasteiger partial charge on any atom is -0.337 e. The van der Waals surface area contributed by atoms with Crippen LogP contribution in [0.5, 0.6) is 0 Å². The summed E-state index contributed by atoms with van der Waals surface area (Å²) in [5.41, 5.74) is 3.59. The van der Waals surface area contributed by atoms with Gasteiger partial charge in [-0.25, -0.2) is 0 Å². The Labute approximate surface area is 180 Å². The number of rotatable bonds is 3. The third-order valence-corrected chi connectivity index (χ3v) is 7.82. The number of aromatic nitrogens is 2. The van der Waals surface area contributed by atoms with Crippen LogP contribution < -0.4 is 0 Å². The molecule has 160 valence electrons. The molecule has 5 heteroatoms. The van der Waals surface area contributed by atoms with Crippen LogP contribution in [0.4, 0.5) is 0 Å². The van der Waals surface area contributed by atoms with Crippen molar-refractivity contribution in [3.05, 3.63) is 53.3 Å². The van der Waals surface area contributed by atoms with Crippen molar-refractivity contribution in [2.75, 3.05) is 19.6 Å². The molecule has 2 aliphatic heterocycles. The molecule has 1 aliphatic carbocycles. The zero-order valence-electron chi connectivity index (χ0n) is 18.4. The Hall–Kier alpha value is -2.14. The molecule has 1 unspecified atom stereocenters. The molecule has 1 aromatic heterocycles. The van der Waals surface area contributed by atoms with Crippen molar-refractivity contribution in [3.8, 4) is 0 Å². The second-order valence-corrected chi connectivity index (χ2v) is 9.73. The molecule has 1 aromatic carbocycles. The van der Waals surface area contributed by atoms with Gasteiger partial charge in [0, 0.05) is 44.2 Å². The zero-order valence-corrected chi connectivity index (χ0v) is 18.4. The van der Waals surface area contributed by atoms with Gasteiger partial charge in [-0.05, 0) is 44.2 Å². The minimum atomic E-state index is 0.128. The number of piperidine rings is 1. The molecule has 3 fully saturated rings. The highest BCUT2D eigenvalue weighted by Crippen LogP contribution is 2.58. The van der Waals surface area contributed by atoms with E-state index in [1.54, 1.807) is 4.68 Å². The predicted octanol–water partition coefficient (Wildman–Crippen LogP) is 4.34. The van der Waals surface area contributed by atoms with Crippen molar-refractivity contribution in [3.63, 3.8) is 0 Å². The van der Waals surface area contributed by atoms with Crippen LogP contribution in [0.15, 0.2) is 36.4 Å². The normalized spacial score (nSPS) is 24.7. The molecule has 1 spiro atoms. The summed E-state index contributed by atoms with van der Waals surface area (Å²) in [5, 5.41) is 4.35.